The molecule has 1 aliphatic heterocycles. The van der Waals surface area contributed by atoms with E-state index in [9.17, 15) is 19.2 Å². The van der Waals surface area contributed by atoms with Crippen molar-refractivity contribution in [3.63, 3.8) is 0 Å². The second kappa shape index (κ2) is 8.85. The van der Waals surface area contributed by atoms with E-state index in [0.29, 0.717) is 36.7 Å². The van der Waals surface area contributed by atoms with Crippen LogP contribution in [0.1, 0.15) is 29.3 Å². The Balaban J connectivity index is 1.70. The summed E-state index contributed by atoms with van der Waals surface area (Å²) in [6.07, 6.45) is 0.493. The molecule has 3 rings (SSSR count). The highest BCUT2D eigenvalue weighted by atomic mass is 16.6. The van der Waals surface area contributed by atoms with Gasteiger partial charge in [0.2, 0.25) is 5.78 Å². The molecule has 0 amide bonds. The van der Waals surface area contributed by atoms with Gasteiger partial charge in [0, 0.05) is 13.6 Å². The topological polar surface area (TPSA) is 132 Å². The third-order valence-corrected chi connectivity index (χ3v) is 4.63. The van der Waals surface area contributed by atoms with Gasteiger partial charge in [-0.1, -0.05) is 13.0 Å². The van der Waals surface area contributed by atoms with Crippen molar-refractivity contribution in [3.05, 3.63) is 50.2 Å². The van der Waals surface area contributed by atoms with Gasteiger partial charge in [0.1, 0.15) is 24.6 Å². The Morgan fingerprint density at radius 3 is 2.57 bits per heavy atom. The summed E-state index contributed by atoms with van der Waals surface area (Å²) in [5.74, 6) is -0.511. The van der Waals surface area contributed by atoms with Crippen LogP contribution in [-0.4, -0.2) is 40.7 Å². The first-order chi connectivity index (χ1) is 14.3. The molecule has 10 nitrogen and oxygen atoms in total. The fourth-order valence-corrected chi connectivity index (χ4v) is 3.12. The summed E-state index contributed by atoms with van der Waals surface area (Å²) in [7, 11) is 1.26. The summed E-state index contributed by atoms with van der Waals surface area (Å²) in [4.78, 5) is 49.2. The lowest BCUT2D eigenvalue weighted by Gasteiger charge is -2.18. The number of carbonyl (C=O) groups is 2. The molecule has 2 aromatic rings. The number of aromatic nitrogens is 2. The number of nitrogens with zero attached hydrogens (tertiary/aromatic N) is 2. The third kappa shape index (κ3) is 4.22. The van der Waals surface area contributed by atoms with Crippen molar-refractivity contribution < 1.29 is 23.8 Å². The van der Waals surface area contributed by atoms with E-state index in [1.807, 2.05) is 6.92 Å². The van der Waals surface area contributed by atoms with E-state index >= 15 is 0 Å². The molecular formula is C20H23N3O7. The second-order valence-electron chi connectivity index (χ2n) is 6.80. The van der Waals surface area contributed by atoms with Crippen LogP contribution in [0.15, 0.2) is 27.8 Å². The lowest BCUT2D eigenvalue weighted by molar-refractivity contribution is -0.141. The number of ether oxygens (including phenoxy) is 3. The normalized spacial score (nSPS) is 12.5. The molecule has 0 atom stereocenters. The van der Waals surface area contributed by atoms with Crippen LogP contribution in [0.2, 0.25) is 0 Å². The van der Waals surface area contributed by atoms with Crippen LogP contribution in [0.25, 0.3) is 0 Å². The summed E-state index contributed by atoms with van der Waals surface area (Å²) in [5.41, 5.74) is 4.74. The Morgan fingerprint density at radius 2 is 1.87 bits per heavy atom. The molecule has 160 valence electrons. The Bertz CT molecular complexity index is 1100. The van der Waals surface area contributed by atoms with Gasteiger partial charge in [-0.25, -0.2) is 4.79 Å². The van der Waals surface area contributed by atoms with Gasteiger partial charge in [-0.15, -0.1) is 0 Å². The third-order valence-electron chi connectivity index (χ3n) is 4.63. The van der Waals surface area contributed by atoms with Crippen molar-refractivity contribution in [3.8, 4) is 11.5 Å². The maximum Gasteiger partial charge on any atom is 0.332 e. The molecule has 0 aliphatic carbocycles. The number of rotatable bonds is 7. The first-order valence-electron chi connectivity index (χ1n) is 9.50. The average Bonchev–Trinajstić information content (AvgIpc) is 2.74. The molecule has 0 fully saturated rings. The van der Waals surface area contributed by atoms with Gasteiger partial charge in [0.05, 0.1) is 6.42 Å². The zero-order valence-corrected chi connectivity index (χ0v) is 16.8. The summed E-state index contributed by atoms with van der Waals surface area (Å²) in [6, 6.07) is 5.07. The molecule has 1 aromatic carbocycles. The molecule has 10 heteroatoms. The van der Waals surface area contributed by atoms with Crippen LogP contribution in [0.4, 0.5) is 5.82 Å². The minimum atomic E-state index is -0.822. The smallest absolute Gasteiger partial charge is 0.332 e. The number of fused-ring (bicyclic) bond motifs is 1. The predicted octanol–water partition coefficient (Wildman–Crippen LogP) is 0.279. The SMILES string of the molecule is CCCn1c(N)c(C(=O)COC(=O)Cc2ccc3c(c2)OCCO3)c(=O)n(C)c1=O. The van der Waals surface area contributed by atoms with Crippen LogP contribution in [0.3, 0.4) is 0 Å². The number of carbonyl (C=O) groups excluding carboxylic acids is 2. The molecule has 0 unspecified atom stereocenters. The van der Waals surface area contributed by atoms with Gasteiger partial charge in [-0.3, -0.25) is 23.5 Å². The summed E-state index contributed by atoms with van der Waals surface area (Å²) < 4.78 is 17.9. The Labute approximate surface area is 171 Å². The molecule has 0 radical (unpaired) electrons. The largest absolute Gasteiger partial charge is 0.486 e. The van der Waals surface area contributed by atoms with Crippen LogP contribution >= 0.6 is 0 Å². The minimum absolute atomic E-state index is 0.0905. The number of nitrogens with two attached hydrogens (primary N) is 1. The van der Waals surface area contributed by atoms with E-state index in [1.165, 1.54) is 7.05 Å². The number of Topliss-reactive ketones (excluding diaryl/α,β-unsaturated/α-hetero) is 1. The zero-order valence-electron chi connectivity index (χ0n) is 16.8. The molecule has 30 heavy (non-hydrogen) atoms. The van der Waals surface area contributed by atoms with E-state index in [4.69, 9.17) is 19.9 Å². The van der Waals surface area contributed by atoms with Crippen LogP contribution < -0.4 is 26.5 Å². The maximum atomic E-state index is 12.5. The Kier molecular flexibility index (Phi) is 6.24. The highest BCUT2D eigenvalue weighted by molar-refractivity contribution is 6.01. The van der Waals surface area contributed by atoms with Crippen LogP contribution in [-0.2, 0) is 29.5 Å². The number of anilines is 1. The lowest BCUT2D eigenvalue weighted by atomic mass is 10.1. The fourth-order valence-electron chi connectivity index (χ4n) is 3.12. The summed E-state index contributed by atoms with van der Waals surface area (Å²) >= 11 is 0. The number of hydrogen-bond acceptors (Lipinski definition) is 8. The number of nitrogen functional groups attached to an aromatic ring is 1. The minimum Gasteiger partial charge on any atom is -0.486 e. The highest BCUT2D eigenvalue weighted by Gasteiger charge is 2.22. The fraction of sp³-hybridized carbons (Fsp3) is 0.400. The molecule has 0 bridgehead atoms. The number of ketones is 1. The second-order valence-corrected chi connectivity index (χ2v) is 6.80. The Hall–Kier alpha value is -3.56. The summed E-state index contributed by atoms with van der Waals surface area (Å²) in [5, 5.41) is 0. The van der Waals surface area contributed by atoms with E-state index in [-0.39, 0.29) is 24.3 Å². The Morgan fingerprint density at radius 1 is 1.17 bits per heavy atom. The van der Waals surface area contributed by atoms with Gasteiger partial charge in [-0.2, -0.15) is 0 Å². The quantitative estimate of drug-likeness (QED) is 0.502. The van der Waals surface area contributed by atoms with E-state index in [1.54, 1.807) is 18.2 Å². The zero-order chi connectivity index (χ0) is 21.8. The van der Waals surface area contributed by atoms with Crippen molar-refractivity contribution in [2.75, 3.05) is 25.6 Å². The first kappa shape index (κ1) is 21.2. The van der Waals surface area contributed by atoms with Crippen LogP contribution in [0.5, 0.6) is 11.5 Å². The molecule has 0 spiro atoms. The van der Waals surface area contributed by atoms with Crippen molar-refractivity contribution >= 4 is 17.6 Å². The molecule has 1 aromatic heterocycles. The van der Waals surface area contributed by atoms with Gasteiger partial charge < -0.3 is 19.9 Å². The van der Waals surface area contributed by atoms with Crippen molar-refractivity contribution in [1.29, 1.82) is 0 Å². The van der Waals surface area contributed by atoms with Crippen molar-refractivity contribution in [1.82, 2.24) is 9.13 Å². The number of benzene rings is 1. The van der Waals surface area contributed by atoms with Crippen molar-refractivity contribution in [2.45, 2.75) is 26.3 Å². The lowest BCUT2D eigenvalue weighted by Crippen LogP contribution is -2.43. The monoisotopic (exact) mass is 417 g/mol. The van der Waals surface area contributed by atoms with E-state index in [0.717, 1.165) is 9.13 Å². The van der Waals surface area contributed by atoms with Gasteiger partial charge in [0.25, 0.3) is 5.56 Å². The first-order valence-corrected chi connectivity index (χ1v) is 9.50. The van der Waals surface area contributed by atoms with E-state index in [2.05, 4.69) is 0 Å². The molecule has 1 aliphatic rings. The molecule has 0 saturated heterocycles. The average molecular weight is 417 g/mol. The number of hydrogen-bond donors (Lipinski definition) is 1. The maximum absolute atomic E-state index is 12.5. The van der Waals surface area contributed by atoms with Gasteiger partial charge in [0.15, 0.2) is 18.1 Å². The number of esters is 1. The molecule has 2 N–H and O–H groups in total. The van der Waals surface area contributed by atoms with Gasteiger partial charge >= 0.3 is 11.7 Å². The predicted molar refractivity (Wildman–Crippen MR) is 107 cm³/mol. The van der Waals surface area contributed by atoms with Gasteiger partial charge in [-0.05, 0) is 24.1 Å². The highest BCUT2D eigenvalue weighted by Crippen LogP contribution is 2.30. The molecule has 0 saturated carbocycles. The molecular weight excluding hydrogens is 394 g/mol. The van der Waals surface area contributed by atoms with Crippen LogP contribution in [0, 0.1) is 0 Å². The summed E-state index contributed by atoms with van der Waals surface area (Å²) in [6.45, 7) is 2.31. The van der Waals surface area contributed by atoms with Crippen molar-refractivity contribution in [2.24, 2.45) is 7.05 Å². The van der Waals surface area contributed by atoms with E-state index < -0.39 is 29.6 Å². The standard InChI is InChI=1S/C20H23N3O7/c1-3-6-23-18(21)17(19(26)22(2)20(23)27)13(24)11-30-16(25)10-12-4-5-14-15(9-12)29-8-7-28-14/h4-5,9H,3,6-8,10-11,21H2,1-2H3. The molecule has 2 heterocycles.